The molecule has 0 saturated heterocycles. The van der Waals surface area contributed by atoms with Gasteiger partial charge in [-0.3, -0.25) is 4.79 Å². The number of nitrogens with zero attached hydrogens (tertiary/aromatic N) is 2. The van der Waals surface area contributed by atoms with Gasteiger partial charge in [0.15, 0.2) is 0 Å². The molecule has 1 atom stereocenters. The highest BCUT2D eigenvalue weighted by molar-refractivity contribution is 6.30. The van der Waals surface area contributed by atoms with Crippen LogP contribution in [0.1, 0.15) is 35.0 Å². The van der Waals surface area contributed by atoms with E-state index < -0.39 is 0 Å². The third-order valence-electron chi connectivity index (χ3n) is 5.14. The van der Waals surface area contributed by atoms with Crippen LogP contribution < -0.4 is 10.1 Å². The Morgan fingerprint density at radius 1 is 1.21 bits per heavy atom. The number of amides is 1. The number of halogens is 1. The quantitative estimate of drug-likeness (QED) is 0.715. The van der Waals surface area contributed by atoms with E-state index >= 15 is 0 Å². The molecule has 5 nitrogen and oxygen atoms in total. The van der Waals surface area contributed by atoms with Gasteiger partial charge in [-0.25, -0.2) is 4.68 Å². The molecule has 6 heteroatoms. The summed E-state index contributed by atoms with van der Waals surface area (Å²) in [5.74, 6) is 0.838. The minimum atomic E-state index is -0.0237. The molecule has 0 spiro atoms. The normalized spacial score (nSPS) is 15.6. The Balaban J connectivity index is 1.52. The highest BCUT2D eigenvalue weighted by Crippen LogP contribution is 2.31. The number of aryl methyl sites for hydroxylation is 1. The first-order valence-corrected chi connectivity index (χ1v) is 9.73. The summed E-state index contributed by atoms with van der Waals surface area (Å²) >= 11 is 5.98. The van der Waals surface area contributed by atoms with Crippen LogP contribution in [0.5, 0.6) is 5.75 Å². The third-order valence-corrected chi connectivity index (χ3v) is 5.40. The van der Waals surface area contributed by atoms with Gasteiger partial charge in [-0.1, -0.05) is 29.8 Å². The molecule has 0 saturated carbocycles. The minimum Gasteiger partial charge on any atom is -0.493 e. The van der Waals surface area contributed by atoms with E-state index in [1.807, 2.05) is 67.1 Å². The summed E-state index contributed by atoms with van der Waals surface area (Å²) in [6, 6.07) is 15.4. The Kier molecular flexibility index (Phi) is 5.09. The molecule has 2 aromatic carbocycles. The summed E-state index contributed by atoms with van der Waals surface area (Å²) in [4.78, 5) is 12.8. The Morgan fingerprint density at radius 3 is 2.75 bits per heavy atom. The lowest BCUT2D eigenvalue weighted by molar-refractivity contribution is -0.121. The summed E-state index contributed by atoms with van der Waals surface area (Å²) < 4.78 is 7.54. The van der Waals surface area contributed by atoms with Gasteiger partial charge in [0.1, 0.15) is 5.75 Å². The fourth-order valence-electron chi connectivity index (χ4n) is 3.66. The summed E-state index contributed by atoms with van der Waals surface area (Å²) in [5.41, 5.74) is 4.73. The number of carbonyl (C=O) groups is 1. The molecule has 0 aliphatic carbocycles. The molecule has 1 aromatic heterocycles. The number of rotatable bonds is 4. The number of fused-ring (bicyclic) bond motifs is 1. The maximum absolute atomic E-state index is 12.8. The molecular weight excluding hydrogens is 374 g/mol. The van der Waals surface area contributed by atoms with E-state index in [9.17, 15) is 4.79 Å². The van der Waals surface area contributed by atoms with Gasteiger partial charge in [0.05, 0.1) is 30.5 Å². The van der Waals surface area contributed by atoms with Crippen molar-refractivity contribution in [2.45, 2.75) is 32.7 Å². The molecule has 0 radical (unpaired) electrons. The summed E-state index contributed by atoms with van der Waals surface area (Å²) in [6.07, 6.45) is 1.07. The van der Waals surface area contributed by atoms with E-state index in [4.69, 9.17) is 16.3 Å². The second-order valence-electron chi connectivity index (χ2n) is 7.01. The number of benzene rings is 2. The highest BCUT2D eigenvalue weighted by atomic mass is 35.5. The van der Waals surface area contributed by atoms with Crippen molar-refractivity contribution < 1.29 is 9.53 Å². The molecule has 1 N–H and O–H groups in total. The first-order chi connectivity index (χ1) is 13.5. The Morgan fingerprint density at radius 2 is 1.96 bits per heavy atom. The maximum atomic E-state index is 12.8. The van der Waals surface area contributed by atoms with Gasteiger partial charge < -0.3 is 10.1 Å². The Hall–Kier alpha value is -2.79. The van der Waals surface area contributed by atoms with E-state index in [2.05, 4.69) is 10.4 Å². The van der Waals surface area contributed by atoms with E-state index in [0.29, 0.717) is 18.1 Å². The van der Waals surface area contributed by atoms with Crippen molar-refractivity contribution in [1.29, 1.82) is 0 Å². The number of nitrogens with one attached hydrogen (secondary N) is 1. The zero-order chi connectivity index (χ0) is 19.7. The van der Waals surface area contributed by atoms with Crippen LogP contribution in [0.2, 0.25) is 5.02 Å². The second-order valence-corrected chi connectivity index (χ2v) is 7.45. The number of hydrogen-bond donors (Lipinski definition) is 1. The predicted molar refractivity (Wildman–Crippen MR) is 109 cm³/mol. The molecule has 144 valence electrons. The van der Waals surface area contributed by atoms with Crippen LogP contribution in [0.3, 0.4) is 0 Å². The Bertz CT molecular complexity index is 1010. The van der Waals surface area contributed by atoms with Crippen molar-refractivity contribution in [2.75, 3.05) is 6.61 Å². The Labute approximate surface area is 169 Å². The number of carbonyl (C=O) groups excluding carboxylic acids is 1. The average molecular weight is 396 g/mol. The van der Waals surface area contributed by atoms with Gasteiger partial charge in [-0.15, -0.1) is 0 Å². The SMILES string of the molecule is Cc1nn(-c2ccc(Cl)cc2)c(C)c1CC(=O)N[C@@H]1CCOc2ccccc21. The molecule has 28 heavy (non-hydrogen) atoms. The molecule has 4 rings (SSSR count). The van der Waals surface area contributed by atoms with Crippen LogP contribution in [-0.2, 0) is 11.2 Å². The first-order valence-electron chi connectivity index (χ1n) is 9.35. The van der Waals surface area contributed by atoms with Gasteiger partial charge in [-0.05, 0) is 44.2 Å². The van der Waals surface area contributed by atoms with Crippen molar-refractivity contribution in [2.24, 2.45) is 0 Å². The van der Waals surface area contributed by atoms with Gasteiger partial charge in [0, 0.05) is 28.3 Å². The highest BCUT2D eigenvalue weighted by Gasteiger charge is 2.24. The molecule has 1 amide bonds. The number of para-hydroxylation sites is 1. The molecule has 1 aliphatic heterocycles. The van der Waals surface area contributed by atoms with Crippen LogP contribution in [-0.4, -0.2) is 22.3 Å². The van der Waals surface area contributed by atoms with Crippen LogP contribution in [0.15, 0.2) is 48.5 Å². The predicted octanol–water partition coefficient (Wildman–Crippen LogP) is 4.33. The van der Waals surface area contributed by atoms with Crippen LogP contribution in [0.4, 0.5) is 0 Å². The molecule has 2 heterocycles. The smallest absolute Gasteiger partial charge is 0.225 e. The van der Waals surface area contributed by atoms with Gasteiger partial charge in [0.2, 0.25) is 5.91 Å². The zero-order valence-electron chi connectivity index (χ0n) is 15.9. The van der Waals surface area contributed by atoms with Crippen LogP contribution in [0, 0.1) is 13.8 Å². The van der Waals surface area contributed by atoms with Crippen molar-refractivity contribution >= 4 is 17.5 Å². The lowest BCUT2D eigenvalue weighted by atomic mass is 10.00. The average Bonchev–Trinajstić information content (AvgIpc) is 2.97. The van der Waals surface area contributed by atoms with Gasteiger partial charge in [0.25, 0.3) is 0 Å². The molecular formula is C22H22ClN3O2. The second kappa shape index (κ2) is 7.68. The van der Waals surface area contributed by atoms with Crippen molar-refractivity contribution in [3.8, 4) is 11.4 Å². The standard InChI is InChI=1S/C22H22ClN3O2/c1-14-19(15(2)26(25-14)17-9-7-16(23)8-10-17)13-22(27)24-20-11-12-28-21-6-4-3-5-18(20)21/h3-10,20H,11-13H2,1-2H3,(H,24,27)/t20-/m1/s1. The molecule has 0 fully saturated rings. The topological polar surface area (TPSA) is 56.2 Å². The van der Waals surface area contributed by atoms with Crippen molar-refractivity contribution in [3.05, 3.63) is 76.1 Å². The lowest BCUT2D eigenvalue weighted by Crippen LogP contribution is -2.33. The summed E-state index contributed by atoms with van der Waals surface area (Å²) in [6.45, 7) is 4.53. The molecule has 0 unspecified atom stereocenters. The van der Waals surface area contributed by atoms with Gasteiger partial charge in [-0.2, -0.15) is 5.10 Å². The van der Waals surface area contributed by atoms with Gasteiger partial charge >= 0.3 is 0 Å². The van der Waals surface area contributed by atoms with Crippen molar-refractivity contribution in [1.82, 2.24) is 15.1 Å². The van der Waals surface area contributed by atoms with E-state index in [1.165, 1.54) is 0 Å². The zero-order valence-corrected chi connectivity index (χ0v) is 16.7. The minimum absolute atomic E-state index is 0.0106. The molecule has 1 aliphatic rings. The summed E-state index contributed by atoms with van der Waals surface area (Å²) in [5, 5.41) is 8.46. The number of aromatic nitrogens is 2. The molecule has 0 bridgehead atoms. The van der Waals surface area contributed by atoms with Crippen LogP contribution >= 0.6 is 11.6 Å². The summed E-state index contributed by atoms with van der Waals surface area (Å²) in [7, 11) is 0. The maximum Gasteiger partial charge on any atom is 0.225 e. The monoisotopic (exact) mass is 395 g/mol. The van der Waals surface area contributed by atoms with E-state index in [-0.39, 0.29) is 11.9 Å². The first kappa shape index (κ1) is 18.6. The van der Waals surface area contributed by atoms with E-state index in [0.717, 1.165) is 40.4 Å². The fourth-order valence-corrected chi connectivity index (χ4v) is 3.79. The third kappa shape index (κ3) is 3.62. The largest absolute Gasteiger partial charge is 0.493 e. The van der Waals surface area contributed by atoms with E-state index in [1.54, 1.807) is 0 Å². The molecule has 3 aromatic rings. The number of ether oxygens (including phenoxy) is 1. The fraction of sp³-hybridized carbons (Fsp3) is 0.273. The van der Waals surface area contributed by atoms with Crippen molar-refractivity contribution in [3.63, 3.8) is 0 Å². The number of hydrogen-bond acceptors (Lipinski definition) is 3. The lowest BCUT2D eigenvalue weighted by Gasteiger charge is -2.26. The van der Waals surface area contributed by atoms with Crippen LogP contribution in [0.25, 0.3) is 5.69 Å².